The Labute approximate surface area is 156 Å². The number of rotatable bonds is 10. The number of hydroxylamine groups is 2. The molecule has 10 heteroatoms. The van der Waals surface area contributed by atoms with E-state index in [2.05, 4.69) is 5.32 Å². The van der Waals surface area contributed by atoms with Crippen LogP contribution in [0.1, 0.15) is 57.8 Å². The van der Waals surface area contributed by atoms with E-state index in [-0.39, 0.29) is 62.8 Å². The minimum Gasteiger partial charge on any atom is -0.356 e. The van der Waals surface area contributed by atoms with Crippen molar-refractivity contribution < 1.29 is 33.6 Å². The number of nitrogens with one attached hydrogen (secondary N) is 1. The van der Waals surface area contributed by atoms with Crippen molar-refractivity contribution in [1.82, 2.24) is 15.3 Å². The predicted octanol–water partition coefficient (Wildman–Crippen LogP) is -0.191. The zero-order valence-electron chi connectivity index (χ0n) is 15.0. The molecule has 1 N–H and O–H groups in total. The van der Waals surface area contributed by atoms with Gasteiger partial charge in [0.25, 0.3) is 11.8 Å². The highest BCUT2D eigenvalue weighted by molar-refractivity contribution is 6.02. The third kappa shape index (κ3) is 6.15. The van der Waals surface area contributed by atoms with Gasteiger partial charge in [-0.3, -0.25) is 28.9 Å². The first-order valence-electron chi connectivity index (χ1n) is 9.05. The minimum atomic E-state index is -0.636. The van der Waals surface area contributed by atoms with Crippen LogP contribution in [0.15, 0.2) is 0 Å². The standard InChI is InChI=1S/C17H23N3O7/c21-12(9-11-19-13(22)5-6-14(19)23)18-10-3-1-2-4-17(26)27-20-15(24)7-8-16(20)25/h1-11H2,(H,18,21). The van der Waals surface area contributed by atoms with Gasteiger partial charge in [-0.15, -0.1) is 5.06 Å². The molecule has 2 rings (SSSR count). The summed E-state index contributed by atoms with van der Waals surface area (Å²) in [6, 6.07) is 0. The average molecular weight is 381 g/mol. The first-order valence-corrected chi connectivity index (χ1v) is 9.05. The SMILES string of the molecule is O=C(CCN1C(=O)CCC1=O)NCCCCCC(=O)ON1C(=O)CCC1=O. The van der Waals surface area contributed by atoms with Crippen LogP contribution in [0.2, 0.25) is 0 Å². The molecule has 0 radical (unpaired) electrons. The third-order valence-electron chi connectivity index (χ3n) is 4.30. The van der Waals surface area contributed by atoms with Crippen molar-refractivity contribution in [2.45, 2.75) is 57.8 Å². The number of imide groups is 2. The molecule has 0 aromatic carbocycles. The number of hydrogen-bond acceptors (Lipinski definition) is 7. The molecule has 2 aliphatic rings. The van der Waals surface area contributed by atoms with E-state index in [0.717, 1.165) is 4.90 Å². The molecule has 2 heterocycles. The van der Waals surface area contributed by atoms with Gasteiger partial charge in [0.1, 0.15) is 0 Å². The summed E-state index contributed by atoms with van der Waals surface area (Å²) in [6.45, 7) is 0.516. The summed E-state index contributed by atoms with van der Waals surface area (Å²) in [5.74, 6) is -2.37. The topological polar surface area (TPSA) is 130 Å². The van der Waals surface area contributed by atoms with Crippen molar-refractivity contribution in [3.63, 3.8) is 0 Å². The van der Waals surface area contributed by atoms with Gasteiger partial charge < -0.3 is 10.2 Å². The lowest BCUT2D eigenvalue weighted by molar-refractivity contribution is -0.197. The lowest BCUT2D eigenvalue weighted by Gasteiger charge is -2.13. The summed E-state index contributed by atoms with van der Waals surface area (Å²) in [7, 11) is 0. The Bertz CT molecular complexity index is 614. The summed E-state index contributed by atoms with van der Waals surface area (Å²) in [5.41, 5.74) is 0. The number of carbonyl (C=O) groups is 6. The van der Waals surface area contributed by atoms with Crippen LogP contribution >= 0.6 is 0 Å². The van der Waals surface area contributed by atoms with Gasteiger partial charge in [-0.2, -0.15) is 0 Å². The van der Waals surface area contributed by atoms with Crippen molar-refractivity contribution in [3.05, 3.63) is 0 Å². The van der Waals surface area contributed by atoms with E-state index in [1.165, 1.54) is 0 Å². The molecule has 2 fully saturated rings. The molecule has 0 aliphatic carbocycles. The van der Waals surface area contributed by atoms with Crippen molar-refractivity contribution in [3.8, 4) is 0 Å². The molecule has 10 nitrogen and oxygen atoms in total. The second-order valence-electron chi connectivity index (χ2n) is 6.39. The first-order chi connectivity index (χ1) is 12.9. The maximum atomic E-state index is 11.7. The molecule has 0 aromatic heterocycles. The van der Waals surface area contributed by atoms with Crippen LogP contribution in [-0.2, 0) is 33.6 Å². The maximum Gasteiger partial charge on any atom is 0.333 e. The molecule has 148 valence electrons. The lowest BCUT2D eigenvalue weighted by Crippen LogP contribution is -2.34. The number of likely N-dealkylation sites (tertiary alicyclic amines) is 1. The van der Waals surface area contributed by atoms with Gasteiger partial charge in [0.2, 0.25) is 17.7 Å². The molecule has 0 spiro atoms. The Kier molecular flexibility index (Phi) is 7.44. The Morgan fingerprint density at radius 2 is 1.41 bits per heavy atom. The number of amides is 5. The molecule has 2 saturated heterocycles. The fraction of sp³-hybridized carbons (Fsp3) is 0.647. The Morgan fingerprint density at radius 1 is 0.815 bits per heavy atom. The number of nitrogens with zero attached hydrogens (tertiary/aromatic N) is 2. The van der Waals surface area contributed by atoms with Gasteiger partial charge in [0, 0.05) is 51.6 Å². The number of hydrogen-bond donors (Lipinski definition) is 1. The molecular weight excluding hydrogens is 358 g/mol. The minimum absolute atomic E-state index is 0.0614. The normalized spacial score (nSPS) is 17.0. The molecule has 27 heavy (non-hydrogen) atoms. The molecule has 0 bridgehead atoms. The Hall–Kier alpha value is -2.78. The molecule has 5 amide bonds. The summed E-state index contributed by atoms with van der Waals surface area (Å²) in [5, 5.41) is 3.22. The zero-order chi connectivity index (χ0) is 19.8. The van der Waals surface area contributed by atoms with Gasteiger partial charge in [0.15, 0.2) is 0 Å². The second-order valence-corrected chi connectivity index (χ2v) is 6.39. The van der Waals surface area contributed by atoms with E-state index in [1.807, 2.05) is 0 Å². The monoisotopic (exact) mass is 381 g/mol. The van der Waals surface area contributed by atoms with E-state index in [9.17, 15) is 28.8 Å². The largest absolute Gasteiger partial charge is 0.356 e. The summed E-state index contributed by atoms with van der Waals surface area (Å²) in [4.78, 5) is 74.6. The first kappa shape index (κ1) is 20.5. The maximum absolute atomic E-state index is 11.7. The van der Waals surface area contributed by atoms with Crippen LogP contribution in [0.4, 0.5) is 0 Å². The van der Waals surface area contributed by atoms with Gasteiger partial charge in [-0.1, -0.05) is 6.42 Å². The Balaban J connectivity index is 1.49. The van der Waals surface area contributed by atoms with Crippen LogP contribution in [0, 0.1) is 0 Å². The van der Waals surface area contributed by atoms with Crippen LogP contribution in [0.5, 0.6) is 0 Å². The van der Waals surface area contributed by atoms with Crippen LogP contribution < -0.4 is 5.32 Å². The van der Waals surface area contributed by atoms with Gasteiger partial charge >= 0.3 is 5.97 Å². The summed E-state index contributed by atoms with van der Waals surface area (Å²) < 4.78 is 0. The van der Waals surface area contributed by atoms with Crippen LogP contribution in [0.3, 0.4) is 0 Å². The predicted molar refractivity (Wildman–Crippen MR) is 89.2 cm³/mol. The lowest BCUT2D eigenvalue weighted by atomic mass is 10.2. The third-order valence-corrected chi connectivity index (χ3v) is 4.30. The second kappa shape index (κ2) is 9.79. The van der Waals surface area contributed by atoms with Crippen LogP contribution in [0.25, 0.3) is 0 Å². The van der Waals surface area contributed by atoms with E-state index in [0.29, 0.717) is 30.9 Å². The van der Waals surface area contributed by atoms with E-state index in [4.69, 9.17) is 4.84 Å². The molecule has 0 aromatic rings. The molecular formula is C17H23N3O7. The smallest absolute Gasteiger partial charge is 0.333 e. The molecule has 0 atom stereocenters. The molecule has 0 saturated carbocycles. The summed E-state index contributed by atoms with van der Waals surface area (Å²) in [6.07, 6.45) is 2.49. The van der Waals surface area contributed by atoms with Crippen LogP contribution in [-0.4, -0.2) is 58.6 Å². The number of carbonyl (C=O) groups excluding carboxylic acids is 6. The summed E-state index contributed by atoms with van der Waals surface area (Å²) >= 11 is 0. The van der Waals surface area contributed by atoms with Crippen molar-refractivity contribution in [2.75, 3.05) is 13.1 Å². The fourth-order valence-electron chi connectivity index (χ4n) is 2.78. The zero-order valence-corrected chi connectivity index (χ0v) is 15.0. The quantitative estimate of drug-likeness (QED) is 0.410. The molecule has 0 unspecified atom stereocenters. The van der Waals surface area contributed by atoms with Crippen molar-refractivity contribution in [2.24, 2.45) is 0 Å². The molecule has 2 aliphatic heterocycles. The average Bonchev–Trinajstić information content (AvgIpc) is 3.12. The highest BCUT2D eigenvalue weighted by Crippen LogP contribution is 2.13. The van der Waals surface area contributed by atoms with E-state index >= 15 is 0 Å². The van der Waals surface area contributed by atoms with E-state index < -0.39 is 17.8 Å². The fourth-order valence-corrected chi connectivity index (χ4v) is 2.78. The highest BCUT2D eigenvalue weighted by atomic mass is 16.7. The highest BCUT2D eigenvalue weighted by Gasteiger charge is 2.32. The van der Waals surface area contributed by atoms with Gasteiger partial charge in [-0.05, 0) is 12.8 Å². The Morgan fingerprint density at radius 3 is 2.04 bits per heavy atom. The number of unbranched alkanes of at least 4 members (excludes halogenated alkanes) is 2. The van der Waals surface area contributed by atoms with E-state index in [1.54, 1.807) is 0 Å². The van der Waals surface area contributed by atoms with Crippen molar-refractivity contribution in [1.29, 1.82) is 0 Å². The van der Waals surface area contributed by atoms with Gasteiger partial charge in [-0.25, -0.2) is 4.79 Å². The van der Waals surface area contributed by atoms with Gasteiger partial charge in [0.05, 0.1) is 0 Å². The van der Waals surface area contributed by atoms with Crippen molar-refractivity contribution >= 4 is 35.5 Å².